The van der Waals surface area contributed by atoms with Crippen LogP contribution in [0.3, 0.4) is 0 Å². The fourth-order valence-corrected chi connectivity index (χ4v) is 2.50. The predicted octanol–water partition coefficient (Wildman–Crippen LogP) is 5.46. The Kier molecular flexibility index (Phi) is 5.32. The van der Waals surface area contributed by atoms with Crippen LogP contribution in [0.15, 0.2) is 48.7 Å². The van der Waals surface area contributed by atoms with Gasteiger partial charge < -0.3 is 10.6 Å². The maximum absolute atomic E-state index is 13.7. The van der Waals surface area contributed by atoms with E-state index in [1.165, 1.54) is 12.3 Å². The highest BCUT2D eigenvalue weighted by molar-refractivity contribution is 6.31. The van der Waals surface area contributed by atoms with E-state index in [1.54, 1.807) is 18.2 Å². The lowest BCUT2D eigenvalue weighted by Gasteiger charge is -2.11. The molecule has 0 aliphatic rings. The van der Waals surface area contributed by atoms with Crippen molar-refractivity contribution >= 4 is 34.7 Å². The number of benzene rings is 2. The first-order valence-corrected chi connectivity index (χ1v) is 8.17. The van der Waals surface area contributed by atoms with Crippen molar-refractivity contribution in [2.45, 2.75) is 6.92 Å². The van der Waals surface area contributed by atoms with Gasteiger partial charge in [-0.15, -0.1) is 0 Å². The Morgan fingerprint density at radius 2 is 1.81 bits per heavy atom. The second-order valence-electron chi connectivity index (χ2n) is 5.65. The molecule has 3 rings (SSSR count). The van der Waals surface area contributed by atoms with Crippen LogP contribution in [0.4, 0.5) is 30.4 Å². The number of nitrogens with one attached hydrogen (secondary N) is 2. The van der Waals surface area contributed by atoms with Gasteiger partial charge in [0.2, 0.25) is 0 Å². The van der Waals surface area contributed by atoms with Crippen LogP contribution in [0.5, 0.6) is 0 Å². The number of carbonyl (C=O) groups is 1. The lowest BCUT2D eigenvalue weighted by atomic mass is 10.2. The molecule has 1 heterocycles. The summed E-state index contributed by atoms with van der Waals surface area (Å²) in [6.45, 7) is 1.86. The molecule has 2 N–H and O–H groups in total. The molecule has 27 heavy (non-hydrogen) atoms. The number of nitrogens with zero attached hydrogens (tertiary/aromatic N) is 1. The van der Waals surface area contributed by atoms with E-state index in [0.717, 1.165) is 17.3 Å². The minimum absolute atomic E-state index is 0.262. The lowest BCUT2D eigenvalue weighted by molar-refractivity contribution is 0.102. The number of pyridine rings is 1. The fourth-order valence-electron chi connectivity index (χ4n) is 2.32. The van der Waals surface area contributed by atoms with E-state index in [1.807, 2.05) is 13.0 Å². The Bertz CT molecular complexity index is 1010. The second kappa shape index (κ2) is 7.67. The van der Waals surface area contributed by atoms with Gasteiger partial charge in [-0.1, -0.05) is 17.7 Å². The van der Waals surface area contributed by atoms with Crippen LogP contribution in [0.25, 0.3) is 0 Å². The quantitative estimate of drug-likeness (QED) is 0.581. The highest BCUT2D eigenvalue weighted by Gasteiger charge is 2.19. The highest BCUT2D eigenvalue weighted by Crippen LogP contribution is 2.26. The number of amides is 1. The topological polar surface area (TPSA) is 54.0 Å². The molecular formula is C19H13ClF3N3O. The van der Waals surface area contributed by atoms with Gasteiger partial charge in [0.1, 0.15) is 5.82 Å². The number of hydrogen-bond donors (Lipinski definition) is 2. The summed E-state index contributed by atoms with van der Waals surface area (Å²) in [7, 11) is 0. The summed E-state index contributed by atoms with van der Waals surface area (Å²) in [4.78, 5) is 16.2. The van der Waals surface area contributed by atoms with Crippen molar-refractivity contribution in [3.8, 4) is 0 Å². The molecule has 0 atom stereocenters. The Labute approximate surface area is 158 Å². The second-order valence-corrected chi connectivity index (χ2v) is 6.05. The number of carbonyl (C=O) groups excluding carboxylic acids is 1. The minimum Gasteiger partial charge on any atom is -0.340 e. The molecule has 2 aromatic carbocycles. The molecule has 0 fully saturated rings. The molecule has 0 saturated carbocycles. The summed E-state index contributed by atoms with van der Waals surface area (Å²) in [5, 5.41) is 6.08. The lowest BCUT2D eigenvalue weighted by Crippen LogP contribution is -2.15. The third-order valence-corrected chi connectivity index (χ3v) is 4.24. The van der Waals surface area contributed by atoms with Crippen LogP contribution < -0.4 is 10.6 Å². The molecule has 0 saturated heterocycles. The van der Waals surface area contributed by atoms with Crippen LogP contribution in [0, 0.1) is 24.4 Å². The van der Waals surface area contributed by atoms with E-state index in [4.69, 9.17) is 11.6 Å². The van der Waals surface area contributed by atoms with E-state index in [2.05, 4.69) is 15.6 Å². The van der Waals surface area contributed by atoms with Gasteiger partial charge in [0, 0.05) is 10.7 Å². The highest BCUT2D eigenvalue weighted by atomic mass is 35.5. The molecule has 0 aliphatic carbocycles. The van der Waals surface area contributed by atoms with Crippen LogP contribution >= 0.6 is 11.6 Å². The van der Waals surface area contributed by atoms with Gasteiger partial charge in [-0.3, -0.25) is 4.79 Å². The zero-order valence-corrected chi connectivity index (χ0v) is 14.7. The molecule has 0 radical (unpaired) electrons. The third kappa shape index (κ3) is 4.03. The van der Waals surface area contributed by atoms with Crippen molar-refractivity contribution in [3.63, 3.8) is 0 Å². The Morgan fingerprint density at radius 1 is 1.04 bits per heavy atom. The van der Waals surface area contributed by atoms with Gasteiger partial charge in [0.05, 0.1) is 17.4 Å². The van der Waals surface area contributed by atoms with E-state index < -0.39 is 28.9 Å². The first-order valence-electron chi connectivity index (χ1n) is 7.80. The predicted molar refractivity (Wildman–Crippen MR) is 98.0 cm³/mol. The number of rotatable bonds is 4. The molecule has 4 nitrogen and oxygen atoms in total. The Morgan fingerprint density at radius 3 is 2.52 bits per heavy atom. The van der Waals surface area contributed by atoms with Crippen molar-refractivity contribution in [1.82, 2.24) is 4.98 Å². The largest absolute Gasteiger partial charge is 0.340 e. The molecule has 0 bridgehead atoms. The first-order chi connectivity index (χ1) is 12.9. The SMILES string of the molecule is Cc1c(Cl)cccc1Nc1ccc(NC(=O)c2ccc(F)c(F)c2F)cn1. The zero-order chi connectivity index (χ0) is 19.6. The van der Waals surface area contributed by atoms with Crippen molar-refractivity contribution in [2.75, 3.05) is 10.6 Å². The molecule has 0 unspecified atom stereocenters. The zero-order valence-electron chi connectivity index (χ0n) is 14.0. The van der Waals surface area contributed by atoms with Crippen LogP contribution in [0.2, 0.25) is 5.02 Å². The number of hydrogen-bond acceptors (Lipinski definition) is 3. The molecule has 0 spiro atoms. The van der Waals surface area contributed by atoms with E-state index in [9.17, 15) is 18.0 Å². The van der Waals surface area contributed by atoms with Gasteiger partial charge >= 0.3 is 0 Å². The first kappa shape index (κ1) is 18.7. The molecular weight excluding hydrogens is 379 g/mol. The smallest absolute Gasteiger partial charge is 0.258 e. The molecule has 1 aromatic heterocycles. The summed E-state index contributed by atoms with van der Waals surface area (Å²) in [6, 6.07) is 10.1. The maximum Gasteiger partial charge on any atom is 0.258 e. The third-order valence-electron chi connectivity index (χ3n) is 3.83. The van der Waals surface area contributed by atoms with Crippen molar-refractivity contribution in [3.05, 3.63) is 82.3 Å². The Hall–Kier alpha value is -3.06. The average molecular weight is 392 g/mol. The molecule has 0 aliphatic heterocycles. The van der Waals surface area contributed by atoms with Crippen molar-refractivity contribution < 1.29 is 18.0 Å². The van der Waals surface area contributed by atoms with Crippen molar-refractivity contribution in [1.29, 1.82) is 0 Å². The number of aromatic nitrogens is 1. The van der Waals surface area contributed by atoms with Gasteiger partial charge in [-0.2, -0.15) is 0 Å². The van der Waals surface area contributed by atoms with Gasteiger partial charge in [0.25, 0.3) is 5.91 Å². The summed E-state index contributed by atoms with van der Waals surface area (Å²) in [5.41, 5.74) is 1.28. The molecule has 1 amide bonds. The summed E-state index contributed by atoms with van der Waals surface area (Å²) in [6.07, 6.45) is 1.35. The van der Waals surface area contributed by atoms with Crippen LogP contribution in [-0.2, 0) is 0 Å². The Balaban J connectivity index is 1.73. The molecule has 138 valence electrons. The fraction of sp³-hybridized carbons (Fsp3) is 0.0526. The normalized spacial score (nSPS) is 10.6. The van der Waals surface area contributed by atoms with Gasteiger partial charge in [0.15, 0.2) is 17.5 Å². The summed E-state index contributed by atoms with van der Waals surface area (Å²) >= 11 is 6.07. The minimum atomic E-state index is -1.70. The standard InChI is InChI=1S/C19H13ClF3N3O/c1-10-13(20)3-2-4-15(10)26-16-8-5-11(9-24-16)25-19(27)12-6-7-14(21)18(23)17(12)22/h2-9H,1H3,(H,24,26)(H,25,27). The maximum atomic E-state index is 13.7. The molecule has 3 aromatic rings. The molecule has 8 heteroatoms. The van der Waals surface area contributed by atoms with E-state index in [-0.39, 0.29) is 5.69 Å². The average Bonchev–Trinajstić information content (AvgIpc) is 2.65. The number of anilines is 3. The van der Waals surface area contributed by atoms with Gasteiger partial charge in [-0.25, -0.2) is 18.2 Å². The van der Waals surface area contributed by atoms with E-state index >= 15 is 0 Å². The van der Waals surface area contributed by atoms with Crippen LogP contribution in [-0.4, -0.2) is 10.9 Å². The summed E-state index contributed by atoms with van der Waals surface area (Å²) < 4.78 is 39.9. The monoisotopic (exact) mass is 391 g/mol. The van der Waals surface area contributed by atoms with E-state index in [0.29, 0.717) is 16.9 Å². The van der Waals surface area contributed by atoms with Crippen molar-refractivity contribution in [2.24, 2.45) is 0 Å². The van der Waals surface area contributed by atoms with Crippen LogP contribution in [0.1, 0.15) is 15.9 Å². The van der Waals surface area contributed by atoms with Gasteiger partial charge in [-0.05, 0) is 48.9 Å². The number of halogens is 4. The summed E-state index contributed by atoms with van der Waals surface area (Å²) in [5.74, 6) is -5.03.